The van der Waals surface area contributed by atoms with Gasteiger partial charge in [-0.15, -0.1) is 0 Å². The number of nitrogens with zero attached hydrogens (tertiary/aromatic N) is 3. The third-order valence-corrected chi connectivity index (χ3v) is 6.52. The summed E-state index contributed by atoms with van der Waals surface area (Å²) in [5.74, 6) is 1.61. The van der Waals surface area contributed by atoms with Crippen molar-refractivity contribution in [2.24, 2.45) is 0 Å². The fraction of sp³-hybridized carbons (Fsp3) is 0.619. The Balaban J connectivity index is 1.14. The zero-order valence-electron chi connectivity index (χ0n) is 16.7. The van der Waals surface area contributed by atoms with Crippen LogP contribution in [0, 0.1) is 0 Å². The highest BCUT2D eigenvalue weighted by Gasteiger charge is 2.52. The molecule has 1 aromatic rings. The maximum absolute atomic E-state index is 12.8. The van der Waals surface area contributed by atoms with Crippen molar-refractivity contribution in [3.63, 3.8) is 0 Å². The summed E-state index contributed by atoms with van der Waals surface area (Å²) in [5.41, 5.74) is 0.594. The lowest BCUT2D eigenvalue weighted by Crippen LogP contribution is -2.51. The van der Waals surface area contributed by atoms with Crippen LogP contribution in [0.25, 0.3) is 0 Å². The topological polar surface area (TPSA) is 74.4 Å². The Morgan fingerprint density at radius 3 is 2.38 bits per heavy atom. The summed E-state index contributed by atoms with van der Waals surface area (Å²) < 4.78 is 11.3. The number of rotatable bonds is 4. The van der Waals surface area contributed by atoms with Crippen molar-refractivity contribution in [2.75, 3.05) is 46.1 Å². The molecule has 4 aliphatic rings. The first kappa shape index (κ1) is 18.7. The van der Waals surface area contributed by atoms with E-state index in [4.69, 9.17) is 9.47 Å². The van der Waals surface area contributed by atoms with Crippen molar-refractivity contribution in [3.8, 4) is 11.5 Å². The van der Waals surface area contributed by atoms with Crippen molar-refractivity contribution >= 4 is 11.9 Å². The molecule has 8 nitrogen and oxygen atoms in total. The molecule has 1 spiro atoms. The van der Waals surface area contributed by atoms with Gasteiger partial charge in [0.15, 0.2) is 11.5 Å². The molecule has 0 atom stereocenters. The quantitative estimate of drug-likeness (QED) is 0.770. The molecular formula is C21H28N4O4. The van der Waals surface area contributed by atoms with Crippen LogP contribution in [0.3, 0.4) is 0 Å². The van der Waals surface area contributed by atoms with E-state index in [2.05, 4.69) is 27.2 Å². The molecule has 0 bridgehead atoms. The number of ether oxygens (including phenoxy) is 2. The minimum absolute atomic E-state index is 0.0290. The normalized spacial score (nSPS) is 24.3. The SMILES string of the molecule is O=C1NC2(CCCC2)C(=O)N1CN1CCN(Cc2ccc3c(c2)OCCO3)CC1. The van der Waals surface area contributed by atoms with Gasteiger partial charge in [-0.1, -0.05) is 18.9 Å². The molecule has 2 saturated heterocycles. The van der Waals surface area contributed by atoms with Crippen molar-refractivity contribution in [1.29, 1.82) is 0 Å². The van der Waals surface area contributed by atoms with Gasteiger partial charge < -0.3 is 14.8 Å². The number of hydrogen-bond acceptors (Lipinski definition) is 6. The molecule has 5 rings (SSSR count). The third-order valence-electron chi connectivity index (χ3n) is 6.52. The second-order valence-corrected chi connectivity index (χ2v) is 8.47. The molecule has 1 saturated carbocycles. The van der Waals surface area contributed by atoms with Crippen LogP contribution in [0.15, 0.2) is 18.2 Å². The molecule has 3 heterocycles. The molecule has 8 heteroatoms. The molecule has 1 aliphatic carbocycles. The monoisotopic (exact) mass is 400 g/mol. The highest BCUT2D eigenvalue weighted by molar-refractivity contribution is 6.07. The van der Waals surface area contributed by atoms with Gasteiger partial charge in [0.25, 0.3) is 5.91 Å². The molecule has 3 aliphatic heterocycles. The zero-order valence-corrected chi connectivity index (χ0v) is 16.7. The minimum Gasteiger partial charge on any atom is -0.486 e. The second-order valence-electron chi connectivity index (χ2n) is 8.47. The summed E-state index contributed by atoms with van der Waals surface area (Å²) >= 11 is 0. The first-order chi connectivity index (χ1) is 14.1. The van der Waals surface area contributed by atoms with Crippen LogP contribution in [-0.2, 0) is 11.3 Å². The predicted molar refractivity (Wildman–Crippen MR) is 106 cm³/mol. The van der Waals surface area contributed by atoms with E-state index in [1.165, 1.54) is 10.5 Å². The van der Waals surface area contributed by atoms with Gasteiger partial charge in [-0.25, -0.2) is 9.69 Å². The van der Waals surface area contributed by atoms with Crippen LogP contribution >= 0.6 is 0 Å². The van der Waals surface area contributed by atoms with Crippen molar-refractivity contribution in [1.82, 2.24) is 20.0 Å². The van der Waals surface area contributed by atoms with Gasteiger partial charge in [0.2, 0.25) is 0 Å². The van der Waals surface area contributed by atoms with E-state index in [1.54, 1.807) is 0 Å². The van der Waals surface area contributed by atoms with Crippen LogP contribution < -0.4 is 14.8 Å². The number of imide groups is 1. The van der Waals surface area contributed by atoms with E-state index < -0.39 is 5.54 Å². The van der Waals surface area contributed by atoms with Gasteiger partial charge in [-0.2, -0.15) is 0 Å². The standard InChI is InChI=1S/C21H28N4O4/c26-19-21(5-1-2-6-21)22-20(27)25(19)15-24-9-7-23(8-10-24)14-16-3-4-17-18(13-16)29-12-11-28-17/h3-4,13H,1-2,5-12,14-15H2,(H,22,27). The fourth-order valence-electron chi connectivity index (χ4n) is 4.86. The van der Waals surface area contributed by atoms with Gasteiger partial charge in [0.1, 0.15) is 18.8 Å². The van der Waals surface area contributed by atoms with Crippen molar-refractivity contribution in [2.45, 2.75) is 37.8 Å². The molecule has 3 fully saturated rings. The first-order valence-electron chi connectivity index (χ1n) is 10.6. The molecule has 3 amide bonds. The van der Waals surface area contributed by atoms with E-state index in [0.717, 1.165) is 69.9 Å². The number of urea groups is 1. The van der Waals surface area contributed by atoms with E-state index in [-0.39, 0.29) is 11.9 Å². The Bertz CT molecular complexity index is 800. The van der Waals surface area contributed by atoms with Crippen LogP contribution in [0.4, 0.5) is 4.79 Å². The molecule has 29 heavy (non-hydrogen) atoms. The van der Waals surface area contributed by atoms with E-state index in [1.807, 2.05) is 6.07 Å². The van der Waals surface area contributed by atoms with Crippen LogP contribution in [0.5, 0.6) is 11.5 Å². The number of fused-ring (bicyclic) bond motifs is 1. The maximum atomic E-state index is 12.8. The summed E-state index contributed by atoms with van der Waals surface area (Å²) in [6.07, 6.45) is 3.57. The molecular weight excluding hydrogens is 372 g/mol. The van der Waals surface area contributed by atoms with Crippen LogP contribution in [0.1, 0.15) is 31.2 Å². The Morgan fingerprint density at radius 1 is 0.931 bits per heavy atom. The van der Waals surface area contributed by atoms with Gasteiger partial charge in [0.05, 0.1) is 6.67 Å². The minimum atomic E-state index is -0.614. The average Bonchev–Trinajstić information content (AvgIpc) is 3.30. The number of piperazine rings is 1. The number of amides is 3. The number of benzene rings is 1. The number of carbonyl (C=O) groups excluding carboxylic acids is 2. The lowest BCUT2D eigenvalue weighted by atomic mass is 9.98. The van der Waals surface area contributed by atoms with Gasteiger partial charge in [-0.3, -0.25) is 14.6 Å². The molecule has 1 aromatic carbocycles. The Labute approximate surface area is 170 Å². The van der Waals surface area contributed by atoms with Crippen LogP contribution in [-0.4, -0.2) is 78.2 Å². The number of nitrogens with one attached hydrogen (secondary N) is 1. The predicted octanol–water partition coefficient (Wildman–Crippen LogP) is 1.40. The summed E-state index contributed by atoms with van der Waals surface area (Å²) in [7, 11) is 0. The highest BCUT2D eigenvalue weighted by atomic mass is 16.6. The Morgan fingerprint density at radius 2 is 1.62 bits per heavy atom. The van der Waals surface area contributed by atoms with E-state index in [0.29, 0.717) is 19.9 Å². The molecule has 0 radical (unpaired) electrons. The average molecular weight is 400 g/mol. The molecule has 0 unspecified atom stereocenters. The molecule has 156 valence electrons. The summed E-state index contributed by atoms with van der Waals surface area (Å²) in [4.78, 5) is 31.2. The fourth-order valence-corrected chi connectivity index (χ4v) is 4.86. The van der Waals surface area contributed by atoms with Gasteiger partial charge >= 0.3 is 6.03 Å². The number of hydrogen-bond donors (Lipinski definition) is 1. The lowest BCUT2D eigenvalue weighted by molar-refractivity contribution is -0.132. The first-order valence-corrected chi connectivity index (χ1v) is 10.6. The number of carbonyl (C=O) groups is 2. The van der Waals surface area contributed by atoms with Crippen molar-refractivity contribution in [3.05, 3.63) is 23.8 Å². The molecule has 0 aromatic heterocycles. The third kappa shape index (κ3) is 3.55. The zero-order chi connectivity index (χ0) is 19.8. The highest BCUT2D eigenvalue weighted by Crippen LogP contribution is 2.35. The smallest absolute Gasteiger partial charge is 0.326 e. The van der Waals surface area contributed by atoms with Gasteiger partial charge in [-0.05, 0) is 30.5 Å². The van der Waals surface area contributed by atoms with Gasteiger partial charge in [0, 0.05) is 32.7 Å². The van der Waals surface area contributed by atoms with E-state index >= 15 is 0 Å². The Kier molecular flexibility index (Phi) is 4.83. The van der Waals surface area contributed by atoms with Crippen molar-refractivity contribution < 1.29 is 19.1 Å². The second kappa shape index (κ2) is 7.50. The Hall–Kier alpha value is -2.32. The lowest BCUT2D eigenvalue weighted by Gasteiger charge is -2.36. The van der Waals surface area contributed by atoms with E-state index in [9.17, 15) is 9.59 Å². The maximum Gasteiger partial charge on any atom is 0.326 e. The summed E-state index contributed by atoms with van der Waals surface area (Å²) in [5, 5.41) is 2.96. The molecule has 1 N–H and O–H groups in total. The summed E-state index contributed by atoms with van der Waals surface area (Å²) in [6.45, 7) is 5.95. The van der Waals surface area contributed by atoms with Crippen LogP contribution in [0.2, 0.25) is 0 Å². The largest absolute Gasteiger partial charge is 0.486 e. The summed E-state index contributed by atoms with van der Waals surface area (Å²) in [6, 6.07) is 5.91.